The molecule has 0 aromatic rings. The highest BCUT2D eigenvalue weighted by Gasteiger charge is 2.55. The van der Waals surface area contributed by atoms with Crippen molar-refractivity contribution in [1.82, 2.24) is 31.5 Å². The highest BCUT2D eigenvalue weighted by atomic mass is 16.7. The first-order valence-electron chi connectivity index (χ1n) is 21.8. The molecule has 2 heterocycles. The minimum Gasteiger partial charge on any atom is -0.465 e. The third kappa shape index (κ3) is 17.7. The second-order valence-electron chi connectivity index (χ2n) is 19.8. The van der Waals surface area contributed by atoms with E-state index >= 15 is 0 Å². The van der Waals surface area contributed by atoms with E-state index in [2.05, 4.69) is 26.6 Å². The number of carboxylic acid groups (broad SMARTS) is 1. The van der Waals surface area contributed by atoms with E-state index in [4.69, 9.17) is 33.2 Å². The Kier molecular flexibility index (Phi) is 19.8. The molecule has 0 aromatic heterocycles. The van der Waals surface area contributed by atoms with Gasteiger partial charge in [0.1, 0.15) is 52.9 Å². The number of nitrogens with one attached hydrogen (secondary N) is 5. The molecule has 65 heavy (non-hydrogen) atoms. The zero-order chi connectivity index (χ0) is 49.2. The number of aliphatic hydroxyl groups is 5. The normalized spacial score (nSPS) is 31.4. The Morgan fingerprint density at radius 2 is 1.35 bits per heavy atom. The van der Waals surface area contributed by atoms with Crippen LogP contribution in [0.3, 0.4) is 0 Å². The molecule has 24 nitrogen and oxygen atoms in total. The van der Waals surface area contributed by atoms with Crippen molar-refractivity contribution in [1.29, 1.82) is 0 Å². The van der Waals surface area contributed by atoms with Gasteiger partial charge in [0.25, 0.3) is 0 Å². The monoisotopic (exact) mass is 939 g/mol. The number of aliphatic hydroxyl groups excluding tert-OH is 4. The molecule has 3 aliphatic rings. The molecule has 0 spiro atoms. The average Bonchev–Trinajstić information content (AvgIpc) is 3.13. The second-order valence-corrected chi connectivity index (χ2v) is 19.8. The highest BCUT2D eigenvalue weighted by Crippen LogP contribution is 2.35. The molecule has 1 aliphatic carbocycles. The van der Waals surface area contributed by atoms with Crippen LogP contribution in [0.5, 0.6) is 0 Å². The number of alkyl carbamates (subject to hydrolysis) is 2. The lowest BCUT2D eigenvalue weighted by atomic mass is 9.82. The lowest BCUT2D eigenvalue weighted by Gasteiger charge is -2.51. The maximum atomic E-state index is 13.7. The number of amides is 5. The van der Waals surface area contributed by atoms with Gasteiger partial charge in [-0.2, -0.15) is 0 Å². The van der Waals surface area contributed by atoms with Gasteiger partial charge < -0.3 is 95.3 Å². The Labute approximate surface area is 379 Å². The van der Waals surface area contributed by atoms with Gasteiger partial charge in [-0.3, -0.25) is 4.79 Å². The number of nitrogens with zero attached hydrogens (tertiary/aromatic N) is 1. The molecule has 0 radical (unpaired) electrons. The molecular formula is C41H74N6O18. The summed E-state index contributed by atoms with van der Waals surface area (Å²) in [4.78, 5) is 65.4. The number of ether oxygens (including phenoxy) is 7. The van der Waals surface area contributed by atoms with Crippen LogP contribution < -0.4 is 26.6 Å². The number of rotatable bonds is 16. The fraction of sp³-hybridized carbons (Fsp3) is 0.878. The largest absolute Gasteiger partial charge is 0.465 e. The van der Waals surface area contributed by atoms with E-state index in [0.717, 1.165) is 4.90 Å². The quantitative estimate of drug-likeness (QED) is 0.0693. The third-order valence-corrected chi connectivity index (χ3v) is 10.3. The topological polar surface area (TPSA) is 335 Å². The van der Waals surface area contributed by atoms with Gasteiger partial charge in [0, 0.05) is 26.7 Å². The van der Waals surface area contributed by atoms with Gasteiger partial charge in [0.05, 0.1) is 43.5 Å². The summed E-state index contributed by atoms with van der Waals surface area (Å²) in [5.41, 5.74) is -4.63. The van der Waals surface area contributed by atoms with Crippen molar-refractivity contribution in [3.63, 3.8) is 0 Å². The summed E-state index contributed by atoms with van der Waals surface area (Å²) in [5.74, 6) is -0.993. The van der Waals surface area contributed by atoms with Gasteiger partial charge >= 0.3 is 24.4 Å². The summed E-state index contributed by atoms with van der Waals surface area (Å²) < 4.78 is 40.9. The van der Waals surface area contributed by atoms with Gasteiger partial charge in [0.2, 0.25) is 5.91 Å². The van der Waals surface area contributed by atoms with Gasteiger partial charge in [-0.1, -0.05) is 0 Å². The maximum absolute atomic E-state index is 13.7. The summed E-state index contributed by atoms with van der Waals surface area (Å²) in [7, 11) is 1.30. The number of hydrogen-bond acceptors (Lipinski definition) is 18. The van der Waals surface area contributed by atoms with Crippen molar-refractivity contribution < 1.29 is 87.8 Å². The fourth-order valence-electron chi connectivity index (χ4n) is 7.58. The van der Waals surface area contributed by atoms with Gasteiger partial charge in [-0.15, -0.1) is 0 Å². The van der Waals surface area contributed by atoms with E-state index in [1.807, 2.05) is 0 Å². The molecule has 11 N–H and O–H groups in total. The van der Waals surface area contributed by atoms with Gasteiger partial charge in [0.15, 0.2) is 12.6 Å². The lowest BCUT2D eigenvalue weighted by Crippen LogP contribution is -2.71. The molecule has 0 aromatic carbocycles. The van der Waals surface area contributed by atoms with Crippen LogP contribution in [0.25, 0.3) is 0 Å². The van der Waals surface area contributed by atoms with Crippen LogP contribution in [0.2, 0.25) is 0 Å². The summed E-state index contributed by atoms with van der Waals surface area (Å²) in [6.07, 6.45) is -16.4. The molecule has 13 atom stereocenters. The van der Waals surface area contributed by atoms with Crippen molar-refractivity contribution in [3.8, 4) is 0 Å². The zero-order valence-electron chi connectivity index (χ0n) is 39.3. The molecule has 5 amide bonds. The highest BCUT2D eigenvalue weighted by molar-refractivity contribution is 5.81. The number of hydrogen-bond donors (Lipinski definition) is 11. The molecule has 376 valence electrons. The standard InChI is InChI=1S/C41H74N6O18/c1-38(2,3)63-35(55)43-15-14-25(49)31(52)44-23-18-24(46-36(56)64-39(4,5)6)29(61-32-22(45-34(53)54)13-12-21(60-32)19-42-16-17-48)26(50)28(23)62-33-27(51)30(41(10,58)20-59-33)47(11)37(57)65-40(7,8)9/h21-30,32-33,42,45,48-51,58H,12-20H2,1-11H3,(H,43,55)(H,44,52)(H,46,56)(H,53,54)/t21-,22+,23+,24-,25?,26+,27+,28-,29+,30+,32+,33+,41-/m0/s1. The van der Waals surface area contributed by atoms with E-state index in [1.165, 1.54) is 14.0 Å². The first kappa shape index (κ1) is 55.5. The van der Waals surface area contributed by atoms with Crippen LogP contribution in [-0.2, 0) is 38.0 Å². The predicted octanol–water partition coefficient (Wildman–Crippen LogP) is -0.398. The Bertz CT molecular complexity index is 1590. The van der Waals surface area contributed by atoms with Crippen molar-refractivity contribution in [2.75, 3.05) is 39.9 Å². The number of likely N-dealkylation sites (N-methyl/N-ethyl adjacent to an activating group) is 1. The Hall–Kier alpha value is -3.85. The Balaban J connectivity index is 2.06. The molecule has 0 bridgehead atoms. The molecule has 3 fully saturated rings. The van der Waals surface area contributed by atoms with E-state index in [1.54, 1.807) is 62.3 Å². The third-order valence-electron chi connectivity index (χ3n) is 10.3. The van der Waals surface area contributed by atoms with Crippen LogP contribution in [0, 0.1) is 0 Å². The first-order valence-corrected chi connectivity index (χ1v) is 21.8. The minimum absolute atomic E-state index is 0.157. The molecule has 24 heteroatoms. The second kappa shape index (κ2) is 23.2. The van der Waals surface area contributed by atoms with Crippen molar-refractivity contribution in [2.45, 2.75) is 191 Å². The van der Waals surface area contributed by atoms with Crippen molar-refractivity contribution >= 4 is 30.3 Å². The van der Waals surface area contributed by atoms with Crippen molar-refractivity contribution in [2.24, 2.45) is 0 Å². The SMILES string of the molecule is CN(C(=O)OC(C)(C)C)[C@@H]1[C@@H](O)[C@@H](O[C@@H]2[C@@H](O)[C@H](O[C@H]3O[C@H](CNCCO)CC[C@H]3NC(=O)O)[C@@H](NC(=O)OC(C)(C)C)C[C@H]2NC(=O)C(O)CCNC(=O)OC(C)(C)C)OC[C@]1(C)O. The van der Waals surface area contributed by atoms with E-state index < -0.39 is 133 Å². The number of carbonyl (C=O) groups excluding carboxylic acids is 4. The minimum atomic E-state index is -1.90. The summed E-state index contributed by atoms with van der Waals surface area (Å²) in [6.45, 7) is 15.7. The summed E-state index contributed by atoms with van der Waals surface area (Å²) in [5, 5.41) is 78.6. The van der Waals surface area contributed by atoms with E-state index in [9.17, 15) is 54.6 Å². The van der Waals surface area contributed by atoms with Crippen LogP contribution in [0.15, 0.2) is 0 Å². The Morgan fingerprint density at radius 1 is 0.785 bits per heavy atom. The van der Waals surface area contributed by atoms with Crippen LogP contribution >= 0.6 is 0 Å². The Morgan fingerprint density at radius 3 is 1.92 bits per heavy atom. The lowest BCUT2D eigenvalue weighted by molar-refractivity contribution is -0.314. The van der Waals surface area contributed by atoms with Crippen LogP contribution in [0.1, 0.15) is 94.9 Å². The van der Waals surface area contributed by atoms with Gasteiger partial charge in [-0.05, 0) is 94.9 Å². The maximum Gasteiger partial charge on any atom is 0.410 e. The fourth-order valence-corrected chi connectivity index (χ4v) is 7.58. The molecule has 2 aliphatic heterocycles. The molecule has 3 rings (SSSR count). The average molecular weight is 939 g/mol. The van der Waals surface area contributed by atoms with Crippen LogP contribution in [-0.4, -0.2) is 201 Å². The summed E-state index contributed by atoms with van der Waals surface area (Å²) in [6, 6.07) is -5.02. The van der Waals surface area contributed by atoms with Gasteiger partial charge in [-0.25, -0.2) is 19.2 Å². The van der Waals surface area contributed by atoms with Crippen molar-refractivity contribution in [3.05, 3.63) is 0 Å². The number of carbonyl (C=O) groups is 5. The van der Waals surface area contributed by atoms with E-state index in [0.29, 0.717) is 6.42 Å². The smallest absolute Gasteiger partial charge is 0.410 e. The molecular weight excluding hydrogens is 864 g/mol. The van der Waals surface area contributed by atoms with E-state index in [-0.39, 0.29) is 45.5 Å². The molecule has 1 saturated carbocycles. The molecule has 2 saturated heterocycles. The molecule has 1 unspecified atom stereocenters. The summed E-state index contributed by atoms with van der Waals surface area (Å²) >= 11 is 0. The zero-order valence-corrected chi connectivity index (χ0v) is 39.3. The first-order chi connectivity index (χ1) is 29.9. The van der Waals surface area contributed by atoms with Crippen LogP contribution in [0.4, 0.5) is 19.2 Å². The predicted molar refractivity (Wildman–Crippen MR) is 227 cm³/mol.